The maximum atomic E-state index is 8.57. The fourth-order valence-electron chi connectivity index (χ4n) is 1.30. The zero-order valence-electron chi connectivity index (χ0n) is 9.35. The molecule has 0 aromatic carbocycles. The van der Waals surface area contributed by atoms with E-state index in [0.717, 1.165) is 11.0 Å². The molecule has 0 amide bonds. The van der Waals surface area contributed by atoms with Gasteiger partial charge in [-0.15, -0.1) is 11.3 Å². The van der Waals surface area contributed by atoms with Gasteiger partial charge in [-0.1, -0.05) is 5.16 Å². The minimum Gasteiger partial charge on any atom is -0.409 e. The summed E-state index contributed by atoms with van der Waals surface area (Å²) in [5.41, 5.74) is 5.52. The lowest BCUT2D eigenvalue weighted by molar-refractivity contribution is 0.240. The SMILES string of the molecule is CC(C)N(CC(N)=NO)Cc1cc(Br)cs1. The van der Waals surface area contributed by atoms with Crippen LogP contribution in [0.2, 0.25) is 0 Å². The summed E-state index contributed by atoms with van der Waals surface area (Å²) in [6.07, 6.45) is 0. The van der Waals surface area contributed by atoms with Gasteiger partial charge in [0.05, 0.1) is 6.54 Å². The molecule has 4 nitrogen and oxygen atoms in total. The minimum absolute atomic E-state index is 0.240. The van der Waals surface area contributed by atoms with Gasteiger partial charge in [0.1, 0.15) is 0 Å². The molecule has 1 aromatic heterocycles. The predicted molar refractivity (Wildman–Crippen MR) is 71.0 cm³/mol. The zero-order chi connectivity index (χ0) is 12.1. The number of hydrogen-bond acceptors (Lipinski definition) is 4. The molecule has 6 heteroatoms. The molecule has 0 aliphatic rings. The molecule has 90 valence electrons. The second kappa shape index (κ2) is 6.22. The van der Waals surface area contributed by atoms with E-state index >= 15 is 0 Å². The smallest absolute Gasteiger partial charge is 0.153 e. The quantitative estimate of drug-likeness (QED) is 0.380. The molecule has 0 saturated carbocycles. The summed E-state index contributed by atoms with van der Waals surface area (Å²) < 4.78 is 1.10. The highest BCUT2D eigenvalue weighted by molar-refractivity contribution is 9.10. The molecular formula is C10H16BrN3OS. The molecular weight excluding hydrogens is 290 g/mol. The third-order valence-corrected chi connectivity index (χ3v) is 3.89. The fraction of sp³-hybridized carbons (Fsp3) is 0.500. The van der Waals surface area contributed by atoms with Crippen LogP contribution < -0.4 is 5.73 Å². The van der Waals surface area contributed by atoms with E-state index in [9.17, 15) is 0 Å². The lowest BCUT2D eigenvalue weighted by Crippen LogP contribution is -2.37. The first-order chi connectivity index (χ1) is 7.52. The minimum atomic E-state index is 0.240. The molecule has 0 spiro atoms. The standard InChI is InChI=1S/C10H16BrN3OS/c1-7(2)14(5-10(12)13-15)4-9-3-8(11)6-16-9/h3,6-7,15H,4-5H2,1-2H3,(H2,12,13). The van der Waals surface area contributed by atoms with Crippen molar-refractivity contribution in [3.05, 3.63) is 20.8 Å². The highest BCUT2D eigenvalue weighted by Crippen LogP contribution is 2.21. The molecule has 0 radical (unpaired) electrons. The van der Waals surface area contributed by atoms with E-state index in [1.807, 2.05) is 0 Å². The van der Waals surface area contributed by atoms with Gasteiger partial charge in [-0.25, -0.2) is 0 Å². The Kier molecular flexibility index (Phi) is 5.24. The number of hydrogen-bond donors (Lipinski definition) is 2. The predicted octanol–water partition coefficient (Wildman–Crippen LogP) is 2.47. The maximum Gasteiger partial charge on any atom is 0.153 e. The van der Waals surface area contributed by atoms with Crippen LogP contribution in [0.1, 0.15) is 18.7 Å². The van der Waals surface area contributed by atoms with Crippen molar-refractivity contribution in [1.82, 2.24) is 4.90 Å². The van der Waals surface area contributed by atoms with Gasteiger partial charge >= 0.3 is 0 Å². The highest BCUT2D eigenvalue weighted by Gasteiger charge is 2.13. The van der Waals surface area contributed by atoms with Crippen LogP contribution in [0.3, 0.4) is 0 Å². The molecule has 0 bridgehead atoms. The Morgan fingerprint density at radius 1 is 1.69 bits per heavy atom. The second-order valence-corrected chi connectivity index (χ2v) is 5.73. The van der Waals surface area contributed by atoms with E-state index in [2.05, 4.69) is 51.3 Å². The third-order valence-electron chi connectivity index (χ3n) is 2.20. The molecule has 0 aliphatic carbocycles. The number of thiophene rings is 1. The van der Waals surface area contributed by atoms with Crippen molar-refractivity contribution in [2.45, 2.75) is 26.4 Å². The van der Waals surface area contributed by atoms with Crippen molar-refractivity contribution >= 4 is 33.1 Å². The molecule has 16 heavy (non-hydrogen) atoms. The van der Waals surface area contributed by atoms with Crippen LogP contribution in [0.4, 0.5) is 0 Å². The lowest BCUT2D eigenvalue weighted by atomic mass is 10.3. The number of nitrogens with zero attached hydrogens (tertiary/aromatic N) is 2. The summed E-state index contributed by atoms with van der Waals surface area (Å²) in [7, 11) is 0. The average Bonchev–Trinajstić information content (AvgIpc) is 2.62. The Balaban J connectivity index is 2.65. The van der Waals surface area contributed by atoms with Crippen LogP contribution in [0.15, 0.2) is 21.1 Å². The van der Waals surface area contributed by atoms with Crippen LogP contribution in [-0.4, -0.2) is 28.5 Å². The van der Waals surface area contributed by atoms with E-state index in [0.29, 0.717) is 12.6 Å². The molecule has 1 aromatic rings. The van der Waals surface area contributed by atoms with Gasteiger partial charge in [0, 0.05) is 27.3 Å². The maximum absolute atomic E-state index is 8.57. The average molecular weight is 306 g/mol. The number of amidine groups is 1. The Morgan fingerprint density at radius 2 is 2.38 bits per heavy atom. The van der Waals surface area contributed by atoms with Crippen molar-refractivity contribution in [3.8, 4) is 0 Å². The summed E-state index contributed by atoms with van der Waals surface area (Å²) >= 11 is 5.13. The topological polar surface area (TPSA) is 61.8 Å². The molecule has 0 aliphatic heterocycles. The third kappa shape index (κ3) is 4.11. The molecule has 1 rings (SSSR count). The van der Waals surface area contributed by atoms with Gasteiger partial charge in [-0.2, -0.15) is 0 Å². The van der Waals surface area contributed by atoms with Crippen molar-refractivity contribution < 1.29 is 5.21 Å². The van der Waals surface area contributed by atoms with E-state index in [1.165, 1.54) is 4.88 Å². The molecule has 0 fully saturated rings. The van der Waals surface area contributed by atoms with Gasteiger partial charge in [-0.05, 0) is 35.8 Å². The number of halogens is 1. The second-order valence-electron chi connectivity index (χ2n) is 3.82. The molecule has 0 atom stereocenters. The van der Waals surface area contributed by atoms with E-state index in [-0.39, 0.29) is 5.84 Å². The number of rotatable bonds is 5. The summed E-state index contributed by atoms with van der Waals surface area (Å²) in [6.45, 7) is 5.47. The van der Waals surface area contributed by atoms with Gasteiger partial charge in [0.25, 0.3) is 0 Å². The number of oxime groups is 1. The first-order valence-electron chi connectivity index (χ1n) is 4.96. The Morgan fingerprint density at radius 3 is 2.81 bits per heavy atom. The van der Waals surface area contributed by atoms with E-state index in [4.69, 9.17) is 10.9 Å². The van der Waals surface area contributed by atoms with Gasteiger partial charge in [0.2, 0.25) is 0 Å². The molecule has 0 saturated heterocycles. The van der Waals surface area contributed by atoms with Crippen molar-refractivity contribution in [1.29, 1.82) is 0 Å². The van der Waals surface area contributed by atoms with Gasteiger partial charge in [0.15, 0.2) is 5.84 Å². The van der Waals surface area contributed by atoms with Crippen LogP contribution in [-0.2, 0) is 6.54 Å². The number of nitrogens with two attached hydrogens (primary N) is 1. The van der Waals surface area contributed by atoms with Gasteiger partial charge in [-0.3, -0.25) is 4.90 Å². The lowest BCUT2D eigenvalue weighted by Gasteiger charge is -2.24. The first kappa shape index (κ1) is 13.5. The monoisotopic (exact) mass is 305 g/mol. The summed E-state index contributed by atoms with van der Waals surface area (Å²) in [4.78, 5) is 3.40. The van der Waals surface area contributed by atoms with Crippen molar-refractivity contribution in [2.75, 3.05) is 6.54 Å². The Labute approximate surface area is 108 Å². The fourth-order valence-corrected chi connectivity index (χ4v) is 2.77. The van der Waals surface area contributed by atoms with Crippen LogP contribution in [0.5, 0.6) is 0 Å². The van der Waals surface area contributed by atoms with Crippen LogP contribution in [0, 0.1) is 0 Å². The van der Waals surface area contributed by atoms with Gasteiger partial charge < -0.3 is 10.9 Å². The first-order valence-corrected chi connectivity index (χ1v) is 6.63. The zero-order valence-corrected chi connectivity index (χ0v) is 11.8. The summed E-state index contributed by atoms with van der Waals surface area (Å²) in [6, 6.07) is 2.44. The van der Waals surface area contributed by atoms with Crippen LogP contribution >= 0.6 is 27.3 Å². The van der Waals surface area contributed by atoms with Crippen LogP contribution in [0.25, 0.3) is 0 Å². The summed E-state index contributed by atoms with van der Waals surface area (Å²) in [5, 5.41) is 13.6. The Bertz CT molecular complexity index is 365. The Hall–Kier alpha value is -0.590. The van der Waals surface area contributed by atoms with E-state index in [1.54, 1.807) is 11.3 Å². The molecule has 1 heterocycles. The summed E-state index contributed by atoms with van der Waals surface area (Å²) in [5.74, 6) is 0.240. The van der Waals surface area contributed by atoms with Crippen molar-refractivity contribution in [2.24, 2.45) is 10.9 Å². The molecule has 0 unspecified atom stereocenters. The largest absolute Gasteiger partial charge is 0.409 e. The normalized spacial score (nSPS) is 12.7. The highest BCUT2D eigenvalue weighted by atomic mass is 79.9. The van der Waals surface area contributed by atoms with E-state index < -0.39 is 0 Å². The van der Waals surface area contributed by atoms with Crippen molar-refractivity contribution in [3.63, 3.8) is 0 Å². The molecule has 3 N–H and O–H groups in total.